The minimum absolute atomic E-state index is 0.117. The van der Waals surface area contributed by atoms with Crippen molar-refractivity contribution < 1.29 is 18.9 Å². The van der Waals surface area contributed by atoms with Gasteiger partial charge in [0.15, 0.2) is 0 Å². The molecule has 0 unspecified atom stereocenters. The number of thioether (sulfide) groups is 1. The van der Waals surface area contributed by atoms with Crippen molar-refractivity contribution in [2.45, 2.75) is 6.92 Å². The number of rotatable bonds is 5. The molecule has 1 aromatic carbocycles. The predicted octanol–water partition coefficient (Wildman–Crippen LogP) is 3.74. The van der Waals surface area contributed by atoms with Crippen LogP contribution in [0.15, 0.2) is 39.7 Å². The third-order valence-corrected chi connectivity index (χ3v) is 4.45. The highest BCUT2D eigenvalue weighted by molar-refractivity contribution is 8.26. The number of nitro benzene ring substituents is 1. The summed E-state index contributed by atoms with van der Waals surface area (Å²) in [4.78, 5) is 22.9. The summed E-state index contributed by atoms with van der Waals surface area (Å²) in [7, 11) is 0. The van der Waals surface area contributed by atoms with Crippen LogP contribution in [0.25, 0.3) is 17.4 Å². The van der Waals surface area contributed by atoms with Gasteiger partial charge in [-0.3, -0.25) is 14.9 Å². The summed E-state index contributed by atoms with van der Waals surface area (Å²) in [6, 6.07) is 7.83. The monoisotopic (exact) mass is 376 g/mol. The molecule has 128 valence electrons. The molecule has 25 heavy (non-hydrogen) atoms. The van der Waals surface area contributed by atoms with Crippen LogP contribution in [-0.4, -0.2) is 21.8 Å². The molecule has 1 amide bonds. The van der Waals surface area contributed by atoms with Gasteiger partial charge in [0.05, 0.1) is 28.1 Å². The molecule has 2 aromatic rings. The number of hydrogen-bond acceptors (Lipinski definition) is 7. The molecule has 1 aliphatic heterocycles. The number of thiocarbonyl (C=S) groups is 1. The van der Waals surface area contributed by atoms with Crippen LogP contribution in [0.5, 0.6) is 5.75 Å². The van der Waals surface area contributed by atoms with Crippen LogP contribution < -0.4 is 10.1 Å². The summed E-state index contributed by atoms with van der Waals surface area (Å²) >= 11 is 6.06. The number of carbonyl (C=O) groups excluding carboxylic acids is 1. The van der Waals surface area contributed by atoms with Crippen molar-refractivity contribution in [1.29, 1.82) is 0 Å². The first-order valence-electron chi connectivity index (χ1n) is 7.24. The molecule has 9 heteroatoms. The van der Waals surface area contributed by atoms with Gasteiger partial charge in [-0.15, -0.1) is 0 Å². The highest BCUT2D eigenvalue weighted by Crippen LogP contribution is 2.35. The number of carbonyl (C=O) groups is 1. The number of ether oxygens (including phenoxy) is 1. The van der Waals surface area contributed by atoms with E-state index in [-0.39, 0.29) is 11.6 Å². The first-order chi connectivity index (χ1) is 12.0. The van der Waals surface area contributed by atoms with Gasteiger partial charge in [0.25, 0.3) is 11.6 Å². The lowest BCUT2D eigenvalue weighted by molar-refractivity contribution is -0.384. The molecule has 2 heterocycles. The van der Waals surface area contributed by atoms with Crippen molar-refractivity contribution >= 4 is 46.0 Å². The number of benzene rings is 1. The molecule has 7 nitrogen and oxygen atoms in total. The number of amides is 1. The quantitative estimate of drug-likeness (QED) is 0.367. The normalized spacial score (nSPS) is 15.5. The van der Waals surface area contributed by atoms with E-state index in [4.69, 9.17) is 21.4 Å². The number of nitrogens with one attached hydrogen (secondary N) is 1. The Kier molecular flexibility index (Phi) is 4.86. The molecule has 1 aromatic heterocycles. The lowest BCUT2D eigenvalue weighted by atomic mass is 10.1. The molecule has 3 rings (SSSR count). The van der Waals surface area contributed by atoms with Crippen LogP contribution >= 0.6 is 24.0 Å². The fourth-order valence-electron chi connectivity index (χ4n) is 2.25. The Morgan fingerprint density at radius 3 is 2.84 bits per heavy atom. The van der Waals surface area contributed by atoms with E-state index in [0.717, 1.165) is 11.8 Å². The third kappa shape index (κ3) is 3.72. The van der Waals surface area contributed by atoms with Crippen LogP contribution in [0, 0.1) is 10.1 Å². The van der Waals surface area contributed by atoms with E-state index in [0.29, 0.717) is 38.7 Å². The molecule has 1 aliphatic rings. The van der Waals surface area contributed by atoms with Gasteiger partial charge in [0, 0.05) is 6.08 Å². The highest BCUT2D eigenvalue weighted by atomic mass is 32.2. The number of hydrogen-bond donors (Lipinski definition) is 1. The van der Waals surface area contributed by atoms with E-state index in [1.54, 1.807) is 37.3 Å². The second-order valence-electron chi connectivity index (χ2n) is 4.92. The molecule has 0 radical (unpaired) electrons. The predicted molar refractivity (Wildman–Crippen MR) is 98.3 cm³/mol. The highest BCUT2D eigenvalue weighted by Gasteiger charge is 2.23. The van der Waals surface area contributed by atoms with Crippen molar-refractivity contribution in [2.24, 2.45) is 0 Å². The Morgan fingerprint density at radius 1 is 1.40 bits per heavy atom. The summed E-state index contributed by atoms with van der Waals surface area (Å²) in [5, 5.41) is 13.9. The van der Waals surface area contributed by atoms with Crippen LogP contribution in [0.4, 0.5) is 5.69 Å². The second-order valence-corrected chi connectivity index (χ2v) is 6.64. The summed E-state index contributed by atoms with van der Waals surface area (Å²) in [5.74, 6) is 0.854. The Hall–Kier alpha value is -2.65. The van der Waals surface area contributed by atoms with Crippen molar-refractivity contribution in [3.63, 3.8) is 0 Å². The molecule has 1 fully saturated rings. The maximum Gasteiger partial charge on any atom is 0.284 e. The average molecular weight is 376 g/mol. The zero-order chi connectivity index (χ0) is 18.0. The van der Waals surface area contributed by atoms with E-state index in [9.17, 15) is 14.9 Å². The molecule has 0 aliphatic carbocycles. The smallest absolute Gasteiger partial charge is 0.284 e. The molecular weight excluding hydrogens is 364 g/mol. The number of nitro groups is 1. The largest absolute Gasteiger partial charge is 0.494 e. The molecule has 1 N–H and O–H groups in total. The van der Waals surface area contributed by atoms with Gasteiger partial charge < -0.3 is 14.5 Å². The molecule has 0 atom stereocenters. The first kappa shape index (κ1) is 17.2. The Morgan fingerprint density at radius 2 is 2.20 bits per heavy atom. The third-order valence-electron chi connectivity index (χ3n) is 3.28. The molecule has 0 spiro atoms. The van der Waals surface area contributed by atoms with E-state index < -0.39 is 4.92 Å². The fraction of sp³-hybridized carbons (Fsp3) is 0.125. The number of nitrogens with zero attached hydrogens (tertiary/aromatic N) is 1. The lowest BCUT2D eigenvalue weighted by Crippen LogP contribution is -2.17. The van der Waals surface area contributed by atoms with Crippen LogP contribution in [0.2, 0.25) is 0 Å². The minimum atomic E-state index is -0.489. The molecular formula is C16H12N2O5S2. The van der Waals surface area contributed by atoms with Crippen LogP contribution in [0.3, 0.4) is 0 Å². The van der Waals surface area contributed by atoms with Crippen molar-refractivity contribution in [1.82, 2.24) is 5.32 Å². The van der Waals surface area contributed by atoms with Gasteiger partial charge in [-0.05, 0) is 31.2 Å². The maximum absolute atomic E-state index is 11.7. The molecule has 0 saturated carbocycles. The zero-order valence-electron chi connectivity index (χ0n) is 13.0. The lowest BCUT2D eigenvalue weighted by Gasteiger charge is -2.05. The van der Waals surface area contributed by atoms with Gasteiger partial charge in [-0.1, -0.05) is 24.0 Å². The van der Waals surface area contributed by atoms with Crippen LogP contribution in [-0.2, 0) is 4.79 Å². The second kappa shape index (κ2) is 7.08. The van der Waals surface area contributed by atoms with E-state index in [1.807, 2.05) is 0 Å². The SMILES string of the molecule is CCOc1ccc(-c2ccc(C=C3SC(=S)NC3=O)o2)c([N+](=O)[O-])c1. The Labute approximate surface area is 152 Å². The topological polar surface area (TPSA) is 94.6 Å². The summed E-state index contributed by atoms with van der Waals surface area (Å²) in [6.45, 7) is 2.21. The first-order valence-corrected chi connectivity index (χ1v) is 8.46. The van der Waals surface area contributed by atoms with Crippen molar-refractivity contribution in [2.75, 3.05) is 6.61 Å². The average Bonchev–Trinajstić information content (AvgIpc) is 3.14. The summed E-state index contributed by atoms with van der Waals surface area (Å²) < 4.78 is 11.3. The van der Waals surface area contributed by atoms with Gasteiger partial charge in [0.2, 0.25) is 0 Å². The van der Waals surface area contributed by atoms with Gasteiger partial charge in [0.1, 0.15) is 21.6 Å². The minimum Gasteiger partial charge on any atom is -0.494 e. The fourth-order valence-corrected chi connectivity index (χ4v) is 3.28. The van der Waals surface area contributed by atoms with Gasteiger partial charge >= 0.3 is 0 Å². The zero-order valence-corrected chi connectivity index (χ0v) is 14.6. The standard InChI is InChI=1S/C16H12N2O5S2/c1-2-22-9-3-5-11(12(7-9)18(20)21)13-6-4-10(23-13)8-14-15(19)17-16(24)25-14/h3-8H,2H2,1H3,(H,17,19,24). The van der Waals surface area contributed by atoms with E-state index >= 15 is 0 Å². The Balaban J connectivity index is 1.94. The van der Waals surface area contributed by atoms with E-state index in [2.05, 4.69) is 5.32 Å². The van der Waals surface area contributed by atoms with Gasteiger partial charge in [-0.25, -0.2) is 0 Å². The summed E-state index contributed by atoms with van der Waals surface area (Å²) in [5.41, 5.74) is 0.214. The van der Waals surface area contributed by atoms with Crippen molar-refractivity contribution in [3.8, 4) is 17.1 Å². The maximum atomic E-state index is 11.7. The van der Waals surface area contributed by atoms with E-state index in [1.165, 1.54) is 6.07 Å². The van der Waals surface area contributed by atoms with Gasteiger partial charge in [-0.2, -0.15) is 0 Å². The molecule has 1 saturated heterocycles. The number of furan rings is 1. The molecule has 0 bridgehead atoms. The van der Waals surface area contributed by atoms with Crippen LogP contribution in [0.1, 0.15) is 12.7 Å². The summed E-state index contributed by atoms with van der Waals surface area (Å²) in [6.07, 6.45) is 1.54. The Bertz CT molecular complexity index is 904. The van der Waals surface area contributed by atoms with Crippen molar-refractivity contribution in [3.05, 3.63) is 51.1 Å².